The van der Waals surface area contributed by atoms with Gasteiger partial charge in [-0.3, -0.25) is 9.69 Å². The maximum atomic E-state index is 11.7. The Hall–Kier alpha value is -2.34. The van der Waals surface area contributed by atoms with Crippen LogP contribution < -0.4 is 0 Å². The molecular weight excluding hydrogens is 286 g/mol. The topological polar surface area (TPSA) is 65.1 Å². The SMILES string of the molecule is CCOC(=O)N1C=C(COCc2ccccc2)OCC(=O)C1. The Bertz CT molecular complexity index is 541. The van der Waals surface area contributed by atoms with Crippen molar-refractivity contribution in [3.05, 3.63) is 47.9 Å². The fourth-order valence-electron chi connectivity index (χ4n) is 1.91. The number of hydrogen-bond acceptors (Lipinski definition) is 5. The molecular formula is C16H19NO5. The van der Waals surface area contributed by atoms with Gasteiger partial charge in [0.25, 0.3) is 0 Å². The quantitative estimate of drug-likeness (QED) is 0.833. The van der Waals surface area contributed by atoms with Crippen molar-refractivity contribution in [2.75, 3.05) is 26.4 Å². The van der Waals surface area contributed by atoms with Crippen molar-refractivity contribution in [3.63, 3.8) is 0 Å². The average molecular weight is 305 g/mol. The Labute approximate surface area is 129 Å². The van der Waals surface area contributed by atoms with Crippen LogP contribution in [-0.4, -0.2) is 43.1 Å². The Morgan fingerprint density at radius 2 is 2.05 bits per heavy atom. The lowest BCUT2D eigenvalue weighted by Crippen LogP contribution is -2.31. The second kappa shape index (κ2) is 8.19. The first-order valence-corrected chi connectivity index (χ1v) is 7.09. The van der Waals surface area contributed by atoms with Crippen molar-refractivity contribution in [1.29, 1.82) is 0 Å². The lowest BCUT2D eigenvalue weighted by Gasteiger charge is -2.15. The maximum absolute atomic E-state index is 11.7. The van der Waals surface area contributed by atoms with Crippen molar-refractivity contribution in [2.45, 2.75) is 13.5 Å². The second-order valence-corrected chi connectivity index (χ2v) is 4.73. The van der Waals surface area contributed by atoms with Crippen LogP contribution in [0.15, 0.2) is 42.3 Å². The van der Waals surface area contributed by atoms with Gasteiger partial charge in [-0.15, -0.1) is 0 Å². The highest BCUT2D eigenvalue weighted by Crippen LogP contribution is 2.10. The Kier molecular flexibility index (Phi) is 5.97. The summed E-state index contributed by atoms with van der Waals surface area (Å²) in [5, 5.41) is 0. The number of hydrogen-bond donors (Lipinski definition) is 0. The van der Waals surface area contributed by atoms with Gasteiger partial charge < -0.3 is 14.2 Å². The number of carbonyl (C=O) groups is 2. The molecule has 1 aromatic rings. The van der Waals surface area contributed by atoms with Crippen molar-refractivity contribution >= 4 is 11.9 Å². The third-order valence-corrected chi connectivity index (χ3v) is 2.92. The number of nitrogens with zero attached hydrogens (tertiary/aromatic N) is 1. The first-order valence-electron chi connectivity index (χ1n) is 7.09. The highest BCUT2D eigenvalue weighted by molar-refractivity contribution is 5.86. The van der Waals surface area contributed by atoms with Crippen LogP contribution >= 0.6 is 0 Å². The van der Waals surface area contributed by atoms with Gasteiger partial charge in [-0.2, -0.15) is 0 Å². The molecule has 0 N–H and O–H groups in total. The van der Waals surface area contributed by atoms with Crippen molar-refractivity contribution in [3.8, 4) is 0 Å². The molecule has 0 radical (unpaired) electrons. The summed E-state index contributed by atoms with van der Waals surface area (Å²) in [6, 6.07) is 9.71. The van der Waals surface area contributed by atoms with Crippen LogP contribution in [0.4, 0.5) is 4.79 Å². The van der Waals surface area contributed by atoms with E-state index in [9.17, 15) is 9.59 Å². The minimum Gasteiger partial charge on any atom is -0.486 e. The molecule has 22 heavy (non-hydrogen) atoms. The minimum atomic E-state index is -0.568. The largest absolute Gasteiger partial charge is 0.486 e. The minimum absolute atomic E-state index is 0.0545. The summed E-state index contributed by atoms with van der Waals surface area (Å²) in [4.78, 5) is 24.6. The first-order chi connectivity index (χ1) is 10.7. The smallest absolute Gasteiger partial charge is 0.414 e. The molecule has 1 amide bonds. The summed E-state index contributed by atoms with van der Waals surface area (Å²) in [7, 11) is 0. The first kappa shape index (κ1) is 16.0. The molecule has 1 aliphatic rings. The summed E-state index contributed by atoms with van der Waals surface area (Å²) in [6.07, 6.45) is 0.898. The van der Waals surface area contributed by atoms with Crippen LogP contribution in [0.5, 0.6) is 0 Å². The summed E-state index contributed by atoms with van der Waals surface area (Å²) in [5.74, 6) is 0.234. The van der Waals surface area contributed by atoms with E-state index in [1.807, 2.05) is 30.3 Å². The third-order valence-electron chi connectivity index (χ3n) is 2.92. The molecule has 0 unspecified atom stereocenters. The summed E-state index contributed by atoms with van der Waals surface area (Å²) < 4.78 is 15.8. The van der Waals surface area contributed by atoms with E-state index in [0.29, 0.717) is 12.4 Å². The number of ketones is 1. The molecule has 1 heterocycles. The number of Topliss-reactive ketones (excluding diaryl/α,β-unsaturated/α-hetero) is 1. The number of rotatable bonds is 5. The molecule has 6 nitrogen and oxygen atoms in total. The molecule has 0 saturated heterocycles. The number of carbonyl (C=O) groups excluding carboxylic acids is 2. The molecule has 0 spiro atoms. The van der Waals surface area contributed by atoms with Crippen LogP contribution in [0.25, 0.3) is 0 Å². The third kappa shape index (κ3) is 4.89. The van der Waals surface area contributed by atoms with Gasteiger partial charge in [-0.25, -0.2) is 4.79 Å². The van der Waals surface area contributed by atoms with Crippen molar-refractivity contribution < 1.29 is 23.8 Å². The molecule has 0 atom stereocenters. The van der Waals surface area contributed by atoms with E-state index in [1.54, 1.807) is 6.92 Å². The van der Waals surface area contributed by atoms with E-state index in [4.69, 9.17) is 14.2 Å². The van der Waals surface area contributed by atoms with Gasteiger partial charge in [0, 0.05) is 0 Å². The normalized spacial score (nSPS) is 14.9. The van der Waals surface area contributed by atoms with E-state index in [0.717, 1.165) is 5.56 Å². The monoisotopic (exact) mass is 305 g/mol. The van der Waals surface area contributed by atoms with Gasteiger partial charge in [0.1, 0.15) is 19.0 Å². The Balaban J connectivity index is 1.92. The predicted molar refractivity (Wildman–Crippen MR) is 78.9 cm³/mol. The summed E-state index contributed by atoms with van der Waals surface area (Å²) in [5.41, 5.74) is 1.04. The van der Waals surface area contributed by atoms with E-state index in [1.165, 1.54) is 11.1 Å². The lowest BCUT2D eigenvalue weighted by atomic mass is 10.2. The zero-order valence-corrected chi connectivity index (χ0v) is 12.5. The fraction of sp³-hybridized carbons (Fsp3) is 0.375. The van der Waals surface area contributed by atoms with Crippen molar-refractivity contribution in [1.82, 2.24) is 4.90 Å². The standard InChI is InChI=1S/C16H19NO5/c1-2-21-16(19)17-8-14(18)11-22-15(9-17)12-20-10-13-6-4-3-5-7-13/h3-7,9H,2,8,10-12H2,1H3. The lowest BCUT2D eigenvalue weighted by molar-refractivity contribution is -0.122. The summed E-state index contributed by atoms with van der Waals surface area (Å²) >= 11 is 0. The summed E-state index contributed by atoms with van der Waals surface area (Å²) in [6.45, 7) is 2.43. The number of amides is 1. The van der Waals surface area contributed by atoms with Gasteiger partial charge in [0.2, 0.25) is 0 Å². The molecule has 118 valence electrons. The molecule has 0 bridgehead atoms. The average Bonchev–Trinajstić information content (AvgIpc) is 2.71. The van der Waals surface area contributed by atoms with Gasteiger partial charge in [-0.05, 0) is 12.5 Å². The highest BCUT2D eigenvalue weighted by Gasteiger charge is 2.21. The van der Waals surface area contributed by atoms with Crippen LogP contribution in [0.2, 0.25) is 0 Å². The molecule has 0 aliphatic carbocycles. The van der Waals surface area contributed by atoms with E-state index in [-0.39, 0.29) is 32.1 Å². The van der Waals surface area contributed by atoms with E-state index >= 15 is 0 Å². The van der Waals surface area contributed by atoms with Crippen molar-refractivity contribution in [2.24, 2.45) is 0 Å². The zero-order valence-electron chi connectivity index (χ0n) is 12.5. The van der Waals surface area contributed by atoms with Crippen LogP contribution in [0.3, 0.4) is 0 Å². The molecule has 0 fully saturated rings. The van der Waals surface area contributed by atoms with Crippen LogP contribution in [-0.2, 0) is 25.6 Å². The Morgan fingerprint density at radius 1 is 1.27 bits per heavy atom. The van der Waals surface area contributed by atoms with Gasteiger partial charge in [-0.1, -0.05) is 30.3 Å². The predicted octanol–water partition coefficient (Wildman–Crippen LogP) is 2.10. The number of benzene rings is 1. The zero-order chi connectivity index (χ0) is 15.8. The molecule has 2 rings (SSSR count). The molecule has 1 aliphatic heterocycles. The van der Waals surface area contributed by atoms with Gasteiger partial charge >= 0.3 is 6.09 Å². The molecule has 6 heteroatoms. The Morgan fingerprint density at radius 3 is 2.77 bits per heavy atom. The van der Waals surface area contributed by atoms with Gasteiger partial charge in [0.15, 0.2) is 5.78 Å². The van der Waals surface area contributed by atoms with Crippen LogP contribution in [0.1, 0.15) is 12.5 Å². The molecule has 0 saturated carbocycles. The number of ether oxygens (including phenoxy) is 3. The maximum Gasteiger partial charge on any atom is 0.414 e. The van der Waals surface area contributed by atoms with E-state index < -0.39 is 6.09 Å². The second-order valence-electron chi connectivity index (χ2n) is 4.73. The van der Waals surface area contributed by atoms with Crippen LogP contribution in [0, 0.1) is 0 Å². The highest BCUT2D eigenvalue weighted by atomic mass is 16.6. The van der Waals surface area contributed by atoms with Gasteiger partial charge in [0.05, 0.1) is 26.0 Å². The molecule has 0 aromatic heterocycles. The fourth-order valence-corrected chi connectivity index (χ4v) is 1.91. The molecule has 1 aromatic carbocycles. The van der Waals surface area contributed by atoms with E-state index in [2.05, 4.69) is 0 Å².